The Kier molecular flexibility index (Phi) is 5.05. The molecule has 0 spiro atoms. The van der Waals surface area contributed by atoms with E-state index in [1.807, 2.05) is 0 Å². The molecular formula is C12H9F6NO3. The summed E-state index contributed by atoms with van der Waals surface area (Å²) in [5.74, 6) is -4.28. The van der Waals surface area contributed by atoms with Crippen molar-refractivity contribution in [3.63, 3.8) is 0 Å². The maximum Gasteiger partial charge on any atom is 0.471 e. The van der Waals surface area contributed by atoms with Gasteiger partial charge in [-0.05, 0) is 11.6 Å². The zero-order chi connectivity index (χ0) is 17.1. The molecule has 0 aliphatic heterocycles. The van der Waals surface area contributed by atoms with Crippen LogP contribution in [0.1, 0.15) is 11.1 Å². The Morgan fingerprint density at radius 3 is 2.18 bits per heavy atom. The van der Waals surface area contributed by atoms with E-state index in [0.717, 1.165) is 18.2 Å². The van der Waals surface area contributed by atoms with E-state index < -0.39 is 42.3 Å². The highest BCUT2D eigenvalue weighted by atomic mass is 19.4. The molecule has 0 saturated heterocycles. The Balaban J connectivity index is 2.93. The summed E-state index contributed by atoms with van der Waals surface area (Å²) in [6.07, 6.45) is -10.7. The third-order valence-corrected chi connectivity index (χ3v) is 2.56. The Morgan fingerprint density at radius 2 is 1.73 bits per heavy atom. The molecule has 4 nitrogen and oxygen atoms in total. The number of amides is 1. The van der Waals surface area contributed by atoms with Gasteiger partial charge in [0.05, 0.1) is 5.56 Å². The number of halogens is 6. The molecule has 1 aromatic rings. The average molecular weight is 329 g/mol. The highest BCUT2D eigenvalue weighted by Gasteiger charge is 2.41. The SMILES string of the molecule is O=C(O)[C@H](Cc1cccc(C(F)(F)F)c1)NC(=O)C(F)(F)F. The van der Waals surface area contributed by atoms with Crippen LogP contribution in [0.2, 0.25) is 0 Å². The largest absolute Gasteiger partial charge is 0.480 e. The number of aliphatic carboxylic acids is 1. The van der Waals surface area contributed by atoms with Gasteiger partial charge in [0.25, 0.3) is 0 Å². The summed E-state index contributed by atoms with van der Waals surface area (Å²) in [6.45, 7) is 0. The molecule has 0 saturated carbocycles. The Morgan fingerprint density at radius 1 is 1.14 bits per heavy atom. The van der Waals surface area contributed by atoms with E-state index in [-0.39, 0.29) is 5.56 Å². The van der Waals surface area contributed by atoms with E-state index in [2.05, 4.69) is 0 Å². The molecule has 1 rings (SSSR count). The van der Waals surface area contributed by atoms with Crippen molar-refractivity contribution in [2.24, 2.45) is 0 Å². The maximum absolute atomic E-state index is 12.5. The van der Waals surface area contributed by atoms with Gasteiger partial charge >= 0.3 is 24.2 Å². The van der Waals surface area contributed by atoms with E-state index >= 15 is 0 Å². The topological polar surface area (TPSA) is 66.4 Å². The van der Waals surface area contributed by atoms with Crippen molar-refractivity contribution < 1.29 is 41.0 Å². The van der Waals surface area contributed by atoms with Crippen LogP contribution in [0.3, 0.4) is 0 Å². The highest BCUT2D eigenvalue weighted by Crippen LogP contribution is 2.29. The lowest BCUT2D eigenvalue weighted by Crippen LogP contribution is -2.47. The van der Waals surface area contributed by atoms with Crippen LogP contribution < -0.4 is 5.32 Å². The molecule has 22 heavy (non-hydrogen) atoms. The first-order valence-electron chi connectivity index (χ1n) is 5.68. The van der Waals surface area contributed by atoms with Gasteiger partial charge in [0.2, 0.25) is 0 Å². The second-order valence-corrected chi connectivity index (χ2v) is 4.26. The highest BCUT2D eigenvalue weighted by molar-refractivity contribution is 5.87. The average Bonchev–Trinajstić information content (AvgIpc) is 2.36. The lowest BCUT2D eigenvalue weighted by molar-refractivity contribution is -0.175. The second kappa shape index (κ2) is 6.24. The lowest BCUT2D eigenvalue weighted by Gasteiger charge is -2.16. The number of alkyl halides is 6. The van der Waals surface area contributed by atoms with E-state index in [4.69, 9.17) is 5.11 Å². The van der Waals surface area contributed by atoms with Crippen molar-refractivity contribution in [3.05, 3.63) is 35.4 Å². The monoisotopic (exact) mass is 329 g/mol. The Bertz CT molecular complexity index is 567. The van der Waals surface area contributed by atoms with Crippen LogP contribution in [0, 0.1) is 0 Å². The van der Waals surface area contributed by atoms with E-state index in [0.29, 0.717) is 6.07 Å². The molecule has 0 aromatic heterocycles. The number of nitrogens with one attached hydrogen (secondary N) is 1. The normalized spacial score (nSPS) is 13.5. The molecule has 2 N–H and O–H groups in total. The molecule has 0 radical (unpaired) electrons. The predicted octanol–water partition coefficient (Wildman–Crippen LogP) is 2.38. The number of carbonyl (C=O) groups excluding carboxylic acids is 1. The minimum Gasteiger partial charge on any atom is -0.480 e. The fourth-order valence-electron chi connectivity index (χ4n) is 1.55. The van der Waals surface area contributed by atoms with Crippen LogP contribution in [0.25, 0.3) is 0 Å². The van der Waals surface area contributed by atoms with Crippen LogP contribution >= 0.6 is 0 Å². The van der Waals surface area contributed by atoms with Crippen LogP contribution in [0.5, 0.6) is 0 Å². The first kappa shape index (κ1) is 17.8. The Labute approximate surface area is 119 Å². The third kappa shape index (κ3) is 4.93. The number of carbonyl (C=O) groups is 2. The van der Waals surface area contributed by atoms with Crippen molar-refractivity contribution in [1.29, 1.82) is 0 Å². The summed E-state index contributed by atoms with van der Waals surface area (Å²) in [5.41, 5.74) is -1.25. The summed E-state index contributed by atoms with van der Waals surface area (Å²) in [4.78, 5) is 21.6. The van der Waals surface area contributed by atoms with Gasteiger partial charge in [-0.25, -0.2) is 4.79 Å². The van der Waals surface area contributed by atoms with Gasteiger partial charge in [-0.3, -0.25) is 4.79 Å². The fraction of sp³-hybridized carbons (Fsp3) is 0.333. The smallest absolute Gasteiger partial charge is 0.471 e. The number of hydrogen-bond acceptors (Lipinski definition) is 2. The Hall–Kier alpha value is -2.26. The molecule has 1 aromatic carbocycles. The summed E-state index contributed by atoms with van der Waals surface area (Å²) in [7, 11) is 0. The molecule has 1 amide bonds. The molecule has 0 aliphatic carbocycles. The molecule has 0 fully saturated rings. The summed E-state index contributed by atoms with van der Waals surface area (Å²) in [6, 6.07) is 1.44. The number of carboxylic acids is 1. The fourth-order valence-corrected chi connectivity index (χ4v) is 1.55. The standard InChI is InChI=1S/C12H9F6NO3/c13-11(14,15)7-3-1-2-6(4-7)5-8(9(20)21)19-10(22)12(16,17)18/h1-4,8H,5H2,(H,19,22)(H,20,21)/t8-/m0/s1. The van der Waals surface area contributed by atoms with Crippen LogP contribution in [-0.2, 0) is 22.2 Å². The number of carboxylic acid groups (broad SMARTS) is 1. The number of hydrogen-bond donors (Lipinski definition) is 2. The first-order valence-corrected chi connectivity index (χ1v) is 5.68. The predicted molar refractivity (Wildman–Crippen MR) is 60.8 cm³/mol. The van der Waals surface area contributed by atoms with Gasteiger partial charge < -0.3 is 10.4 Å². The van der Waals surface area contributed by atoms with Gasteiger partial charge in [-0.1, -0.05) is 18.2 Å². The molecule has 0 bridgehead atoms. The molecular weight excluding hydrogens is 320 g/mol. The summed E-state index contributed by atoms with van der Waals surface area (Å²) >= 11 is 0. The lowest BCUT2D eigenvalue weighted by atomic mass is 10.0. The number of benzene rings is 1. The van der Waals surface area contributed by atoms with Gasteiger partial charge in [0.1, 0.15) is 6.04 Å². The minimum atomic E-state index is -5.29. The van der Waals surface area contributed by atoms with Gasteiger partial charge in [0, 0.05) is 6.42 Å². The van der Waals surface area contributed by atoms with Crippen molar-refractivity contribution in [1.82, 2.24) is 5.32 Å². The van der Waals surface area contributed by atoms with Crippen molar-refractivity contribution in [3.8, 4) is 0 Å². The van der Waals surface area contributed by atoms with Crippen molar-refractivity contribution in [2.45, 2.75) is 24.8 Å². The van der Waals surface area contributed by atoms with Gasteiger partial charge in [-0.15, -0.1) is 0 Å². The van der Waals surface area contributed by atoms with Gasteiger partial charge in [-0.2, -0.15) is 26.3 Å². The van der Waals surface area contributed by atoms with E-state index in [9.17, 15) is 35.9 Å². The third-order valence-electron chi connectivity index (χ3n) is 2.56. The molecule has 0 heterocycles. The van der Waals surface area contributed by atoms with E-state index in [1.165, 1.54) is 5.32 Å². The van der Waals surface area contributed by atoms with Crippen molar-refractivity contribution in [2.75, 3.05) is 0 Å². The quantitative estimate of drug-likeness (QED) is 0.834. The summed E-state index contributed by atoms with van der Waals surface area (Å²) in [5, 5.41) is 9.99. The molecule has 0 unspecified atom stereocenters. The van der Waals surface area contributed by atoms with Gasteiger partial charge in [0.15, 0.2) is 0 Å². The van der Waals surface area contributed by atoms with Crippen LogP contribution in [-0.4, -0.2) is 29.2 Å². The summed E-state index contributed by atoms with van der Waals surface area (Å²) < 4.78 is 73.7. The molecule has 10 heteroatoms. The first-order chi connectivity index (χ1) is 9.91. The molecule has 0 aliphatic rings. The molecule has 122 valence electrons. The zero-order valence-electron chi connectivity index (χ0n) is 10.6. The number of rotatable bonds is 4. The van der Waals surface area contributed by atoms with E-state index in [1.54, 1.807) is 0 Å². The second-order valence-electron chi connectivity index (χ2n) is 4.26. The molecule has 1 atom stereocenters. The maximum atomic E-state index is 12.5. The van der Waals surface area contributed by atoms with Crippen LogP contribution in [0.15, 0.2) is 24.3 Å². The van der Waals surface area contributed by atoms with Crippen LogP contribution in [0.4, 0.5) is 26.3 Å². The minimum absolute atomic E-state index is 0.176. The van der Waals surface area contributed by atoms with Crippen molar-refractivity contribution >= 4 is 11.9 Å². The zero-order valence-corrected chi connectivity index (χ0v) is 10.6.